The van der Waals surface area contributed by atoms with Crippen LogP contribution >= 0.6 is 0 Å². The lowest BCUT2D eigenvalue weighted by atomic mass is 10.1. The third kappa shape index (κ3) is 3.82. The molecule has 0 unspecified atom stereocenters. The standard InChI is InChI=1S/C17H15F2N5O2/c1-26-16-15(11-6-7-20-21-9-11)23-24-17(16)22-14(25)5-3-10-2-4-12(18)8-13(10)19/h2,4,6-9H,3,5H2,1H3,(H2,22,23,24,25). The van der Waals surface area contributed by atoms with Gasteiger partial charge in [0.05, 0.1) is 19.5 Å². The van der Waals surface area contributed by atoms with Gasteiger partial charge >= 0.3 is 0 Å². The Kier molecular flexibility index (Phi) is 5.16. The van der Waals surface area contributed by atoms with Crippen molar-refractivity contribution in [1.29, 1.82) is 0 Å². The van der Waals surface area contributed by atoms with Crippen LogP contribution in [0, 0.1) is 11.6 Å². The van der Waals surface area contributed by atoms with Crippen molar-refractivity contribution in [2.24, 2.45) is 0 Å². The van der Waals surface area contributed by atoms with Gasteiger partial charge in [0.15, 0.2) is 11.6 Å². The van der Waals surface area contributed by atoms with Crippen molar-refractivity contribution >= 4 is 11.7 Å². The summed E-state index contributed by atoms with van der Waals surface area (Å²) < 4.78 is 31.8. The van der Waals surface area contributed by atoms with E-state index in [0.29, 0.717) is 17.0 Å². The third-order valence-corrected chi connectivity index (χ3v) is 3.69. The molecule has 0 bridgehead atoms. The Labute approximate surface area is 147 Å². The molecule has 0 saturated carbocycles. The molecule has 2 aromatic heterocycles. The average molecular weight is 359 g/mol. The second-order valence-corrected chi connectivity index (χ2v) is 5.40. The highest BCUT2D eigenvalue weighted by Gasteiger charge is 2.18. The van der Waals surface area contributed by atoms with Crippen LogP contribution in [-0.4, -0.2) is 33.4 Å². The summed E-state index contributed by atoms with van der Waals surface area (Å²) in [5.74, 6) is -1.15. The maximum Gasteiger partial charge on any atom is 0.226 e. The number of H-pyrrole nitrogens is 1. The first-order chi connectivity index (χ1) is 12.6. The summed E-state index contributed by atoms with van der Waals surface area (Å²) >= 11 is 0. The fourth-order valence-electron chi connectivity index (χ4n) is 2.42. The SMILES string of the molecule is COc1c(NC(=O)CCc2ccc(F)cc2F)n[nH]c1-c1ccnnc1. The van der Waals surface area contributed by atoms with Crippen LogP contribution < -0.4 is 10.1 Å². The molecule has 1 amide bonds. The number of hydrogen-bond acceptors (Lipinski definition) is 5. The molecule has 0 radical (unpaired) electrons. The fourth-order valence-corrected chi connectivity index (χ4v) is 2.42. The Morgan fingerprint density at radius 2 is 2.12 bits per heavy atom. The van der Waals surface area contributed by atoms with Crippen molar-refractivity contribution in [3.8, 4) is 17.0 Å². The van der Waals surface area contributed by atoms with E-state index in [9.17, 15) is 13.6 Å². The molecule has 1 aromatic carbocycles. The predicted octanol–water partition coefficient (Wildman–Crippen LogP) is 2.72. The van der Waals surface area contributed by atoms with Crippen molar-refractivity contribution < 1.29 is 18.3 Å². The predicted molar refractivity (Wildman–Crippen MR) is 89.5 cm³/mol. The summed E-state index contributed by atoms with van der Waals surface area (Å²) in [6.45, 7) is 0. The number of halogens is 2. The number of hydrogen-bond donors (Lipinski definition) is 2. The molecule has 0 aliphatic rings. The molecule has 7 nitrogen and oxygen atoms in total. The minimum Gasteiger partial charge on any atom is -0.491 e. The highest BCUT2D eigenvalue weighted by Crippen LogP contribution is 2.33. The van der Waals surface area contributed by atoms with Gasteiger partial charge in [-0.25, -0.2) is 8.78 Å². The van der Waals surface area contributed by atoms with E-state index in [1.54, 1.807) is 6.07 Å². The number of carbonyl (C=O) groups is 1. The molecule has 9 heteroatoms. The molecular formula is C17H15F2N5O2. The summed E-state index contributed by atoms with van der Waals surface area (Å²) in [7, 11) is 1.45. The molecule has 0 saturated heterocycles. The third-order valence-electron chi connectivity index (χ3n) is 3.69. The highest BCUT2D eigenvalue weighted by molar-refractivity contribution is 5.92. The van der Waals surface area contributed by atoms with Crippen LogP contribution in [0.3, 0.4) is 0 Å². The molecule has 2 heterocycles. The van der Waals surface area contributed by atoms with E-state index >= 15 is 0 Å². The Balaban J connectivity index is 1.69. The van der Waals surface area contributed by atoms with Crippen molar-refractivity contribution in [3.05, 3.63) is 53.9 Å². The summed E-state index contributed by atoms with van der Waals surface area (Å²) in [4.78, 5) is 12.1. The normalized spacial score (nSPS) is 10.6. The summed E-state index contributed by atoms with van der Waals surface area (Å²) in [5.41, 5.74) is 1.50. The number of carbonyl (C=O) groups excluding carboxylic acids is 1. The quantitative estimate of drug-likeness (QED) is 0.706. The Bertz CT molecular complexity index is 915. The number of aromatic amines is 1. The lowest BCUT2D eigenvalue weighted by Gasteiger charge is -2.06. The summed E-state index contributed by atoms with van der Waals surface area (Å²) in [5, 5.41) is 16.9. The van der Waals surface area contributed by atoms with Gasteiger partial charge in [-0.05, 0) is 24.1 Å². The molecule has 134 valence electrons. The largest absolute Gasteiger partial charge is 0.491 e. The Morgan fingerprint density at radius 3 is 2.81 bits per heavy atom. The Hall–Kier alpha value is -3.36. The van der Waals surface area contributed by atoms with Gasteiger partial charge < -0.3 is 10.1 Å². The van der Waals surface area contributed by atoms with Crippen molar-refractivity contribution in [3.63, 3.8) is 0 Å². The summed E-state index contributed by atoms with van der Waals surface area (Å²) in [6.07, 6.45) is 3.18. The van der Waals surface area contributed by atoms with Crippen LogP contribution in [-0.2, 0) is 11.2 Å². The molecule has 0 spiro atoms. The number of anilines is 1. The Morgan fingerprint density at radius 1 is 1.27 bits per heavy atom. The number of nitrogens with zero attached hydrogens (tertiary/aromatic N) is 3. The van der Waals surface area contributed by atoms with Gasteiger partial charge in [-0.3, -0.25) is 9.89 Å². The molecule has 3 aromatic rings. The zero-order chi connectivity index (χ0) is 18.5. The van der Waals surface area contributed by atoms with E-state index in [-0.39, 0.29) is 30.1 Å². The van der Waals surface area contributed by atoms with Crippen LogP contribution in [0.5, 0.6) is 5.75 Å². The molecule has 0 aliphatic carbocycles. The van der Waals surface area contributed by atoms with Crippen LogP contribution in [0.1, 0.15) is 12.0 Å². The van der Waals surface area contributed by atoms with Gasteiger partial charge in [0.2, 0.25) is 5.91 Å². The van der Waals surface area contributed by atoms with Crippen molar-refractivity contribution in [2.45, 2.75) is 12.8 Å². The first-order valence-electron chi connectivity index (χ1n) is 7.71. The molecule has 2 N–H and O–H groups in total. The maximum absolute atomic E-state index is 13.6. The van der Waals surface area contributed by atoms with Gasteiger partial charge in [0.25, 0.3) is 0 Å². The minimum absolute atomic E-state index is 0.00468. The van der Waals surface area contributed by atoms with E-state index in [1.807, 2.05) is 0 Å². The zero-order valence-electron chi connectivity index (χ0n) is 13.8. The lowest BCUT2D eigenvalue weighted by molar-refractivity contribution is -0.116. The molecule has 0 aliphatic heterocycles. The van der Waals surface area contributed by atoms with Gasteiger partial charge in [-0.2, -0.15) is 15.3 Å². The van der Waals surface area contributed by atoms with E-state index in [1.165, 1.54) is 25.6 Å². The smallest absolute Gasteiger partial charge is 0.226 e. The summed E-state index contributed by atoms with van der Waals surface area (Å²) in [6, 6.07) is 4.98. The van der Waals surface area contributed by atoms with Gasteiger partial charge in [-0.1, -0.05) is 6.07 Å². The molecular weight excluding hydrogens is 344 g/mol. The van der Waals surface area contributed by atoms with Gasteiger partial charge in [0.1, 0.15) is 17.3 Å². The minimum atomic E-state index is -0.678. The molecule has 0 atom stereocenters. The van der Waals surface area contributed by atoms with Crippen molar-refractivity contribution in [1.82, 2.24) is 20.4 Å². The molecule has 26 heavy (non-hydrogen) atoms. The monoisotopic (exact) mass is 359 g/mol. The molecule has 0 fully saturated rings. The average Bonchev–Trinajstić information content (AvgIpc) is 3.04. The van der Waals surface area contributed by atoms with Crippen LogP contribution in [0.4, 0.5) is 14.6 Å². The number of rotatable bonds is 6. The first kappa shape index (κ1) is 17.5. The van der Waals surface area contributed by atoms with Gasteiger partial charge in [0, 0.05) is 18.1 Å². The van der Waals surface area contributed by atoms with E-state index < -0.39 is 11.6 Å². The topological polar surface area (TPSA) is 92.8 Å². The molecule has 3 rings (SSSR count). The second kappa shape index (κ2) is 7.68. The van der Waals surface area contributed by atoms with E-state index in [2.05, 4.69) is 25.7 Å². The van der Waals surface area contributed by atoms with E-state index in [0.717, 1.165) is 12.1 Å². The van der Waals surface area contributed by atoms with E-state index in [4.69, 9.17) is 4.74 Å². The maximum atomic E-state index is 13.6. The number of amides is 1. The van der Waals surface area contributed by atoms with Crippen molar-refractivity contribution in [2.75, 3.05) is 12.4 Å². The first-order valence-corrected chi connectivity index (χ1v) is 7.71. The zero-order valence-corrected chi connectivity index (χ0v) is 13.8. The number of ether oxygens (including phenoxy) is 1. The van der Waals surface area contributed by atoms with Crippen LogP contribution in [0.2, 0.25) is 0 Å². The number of aryl methyl sites for hydroxylation is 1. The lowest BCUT2D eigenvalue weighted by Crippen LogP contribution is -2.13. The number of methoxy groups -OCH3 is 1. The van der Waals surface area contributed by atoms with Crippen LogP contribution in [0.25, 0.3) is 11.3 Å². The van der Waals surface area contributed by atoms with Crippen LogP contribution in [0.15, 0.2) is 36.7 Å². The fraction of sp³-hybridized carbons (Fsp3) is 0.176. The number of benzene rings is 1. The number of nitrogens with one attached hydrogen (secondary N) is 2. The highest BCUT2D eigenvalue weighted by atomic mass is 19.1. The number of aromatic nitrogens is 4. The van der Waals surface area contributed by atoms with Gasteiger partial charge in [-0.15, -0.1) is 0 Å². The second-order valence-electron chi connectivity index (χ2n) is 5.40.